The largest absolute Gasteiger partial charge is 0.340 e. The van der Waals surface area contributed by atoms with E-state index in [-0.39, 0.29) is 17.5 Å². The molecule has 2 aliphatic rings. The molecule has 0 N–H and O–H groups in total. The molecule has 1 aromatic heterocycles. The summed E-state index contributed by atoms with van der Waals surface area (Å²) in [5.41, 5.74) is 0.308. The van der Waals surface area contributed by atoms with E-state index in [4.69, 9.17) is 4.52 Å². The van der Waals surface area contributed by atoms with Crippen LogP contribution in [-0.2, 0) is 11.2 Å². The second-order valence-electron chi connectivity index (χ2n) is 7.70. The van der Waals surface area contributed by atoms with Gasteiger partial charge < -0.3 is 9.42 Å². The molecule has 2 aromatic rings. The summed E-state index contributed by atoms with van der Waals surface area (Å²) in [6.07, 6.45) is 7.35. The summed E-state index contributed by atoms with van der Waals surface area (Å²) in [5, 5.41) is 3.84. The number of aromatic nitrogens is 2. The second kappa shape index (κ2) is 8.82. The van der Waals surface area contributed by atoms with E-state index in [2.05, 4.69) is 15.0 Å². The molecule has 28 heavy (non-hydrogen) atoms. The van der Waals surface area contributed by atoms with Gasteiger partial charge in [0.1, 0.15) is 5.82 Å². The molecule has 1 aromatic carbocycles. The maximum absolute atomic E-state index is 13.8. The van der Waals surface area contributed by atoms with Crippen molar-refractivity contribution < 1.29 is 13.7 Å². The van der Waals surface area contributed by atoms with Crippen LogP contribution in [0.4, 0.5) is 4.39 Å². The molecule has 4 rings (SSSR count). The average Bonchev–Trinajstić information content (AvgIpc) is 3.22. The molecule has 0 radical (unpaired) electrons. The first-order valence-corrected chi connectivity index (χ1v) is 10.3. The third-order valence-electron chi connectivity index (χ3n) is 5.89. The summed E-state index contributed by atoms with van der Waals surface area (Å²) in [6, 6.07) is 7.03. The lowest BCUT2D eigenvalue weighted by molar-refractivity contribution is -0.133. The van der Waals surface area contributed by atoms with Crippen molar-refractivity contribution in [2.24, 2.45) is 0 Å². The minimum absolute atomic E-state index is 0.119. The van der Waals surface area contributed by atoms with Crippen molar-refractivity contribution in [1.29, 1.82) is 0 Å². The highest BCUT2D eigenvalue weighted by Gasteiger charge is 2.27. The third-order valence-corrected chi connectivity index (χ3v) is 5.89. The van der Waals surface area contributed by atoms with Crippen LogP contribution in [0.5, 0.6) is 0 Å². The van der Waals surface area contributed by atoms with Gasteiger partial charge in [0.05, 0.1) is 5.56 Å². The first-order valence-electron chi connectivity index (χ1n) is 10.3. The monoisotopic (exact) mass is 386 g/mol. The smallest absolute Gasteiger partial charge is 0.227 e. The Labute approximate surface area is 164 Å². The van der Waals surface area contributed by atoms with Crippen molar-refractivity contribution in [3.8, 4) is 11.4 Å². The summed E-state index contributed by atoms with van der Waals surface area (Å²) in [5.74, 6) is 0.324. The molecule has 0 spiro atoms. The van der Waals surface area contributed by atoms with Gasteiger partial charge >= 0.3 is 0 Å². The van der Waals surface area contributed by atoms with E-state index in [9.17, 15) is 9.18 Å². The predicted octanol–water partition coefficient (Wildman–Crippen LogP) is 3.29. The molecule has 2 heterocycles. The fraction of sp³-hybridized carbons (Fsp3) is 0.571. The molecule has 0 unspecified atom stereocenters. The van der Waals surface area contributed by atoms with Crippen molar-refractivity contribution in [1.82, 2.24) is 19.9 Å². The van der Waals surface area contributed by atoms with Gasteiger partial charge in [-0.3, -0.25) is 9.69 Å². The predicted molar refractivity (Wildman–Crippen MR) is 103 cm³/mol. The summed E-state index contributed by atoms with van der Waals surface area (Å²) in [4.78, 5) is 21.3. The Morgan fingerprint density at radius 1 is 1.11 bits per heavy atom. The van der Waals surface area contributed by atoms with E-state index in [1.807, 2.05) is 4.90 Å². The fourth-order valence-electron chi connectivity index (χ4n) is 4.26. The van der Waals surface area contributed by atoms with Crippen LogP contribution in [0.15, 0.2) is 28.8 Å². The summed E-state index contributed by atoms with van der Waals surface area (Å²) >= 11 is 0. The number of piperazine rings is 1. The second-order valence-corrected chi connectivity index (χ2v) is 7.70. The fourth-order valence-corrected chi connectivity index (χ4v) is 4.26. The number of aryl methyl sites for hydroxylation is 1. The van der Waals surface area contributed by atoms with Gasteiger partial charge in [0.15, 0.2) is 0 Å². The lowest BCUT2D eigenvalue weighted by Crippen LogP contribution is -2.52. The molecular formula is C21H27FN4O2. The van der Waals surface area contributed by atoms with Crippen LogP contribution >= 0.6 is 0 Å². The van der Waals surface area contributed by atoms with Gasteiger partial charge in [-0.1, -0.05) is 36.6 Å². The van der Waals surface area contributed by atoms with Crippen molar-refractivity contribution in [3.05, 3.63) is 36.0 Å². The van der Waals surface area contributed by atoms with E-state index in [1.165, 1.54) is 38.2 Å². The topological polar surface area (TPSA) is 62.5 Å². The maximum Gasteiger partial charge on any atom is 0.227 e. The van der Waals surface area contributed by atoms with Gasteiger partial charge in [0.2, 0.25) is 17.6 Å². The number of nitrogens with zero attached hydrogens (tertiary/aromatic N) is 4. The highest BCUT2D eigenvalue weighted by molar-refractivity contribution is 5.76. The Kier molecular flexibility index (Phi) is 6.00. The number of carbonyl (C=O) groups excluding carboxylic acids is 1. The zero-order valence-electron chi connectivity index (χ0n) is 16.1. The Morgan fingerprint density at radius 3 is 2.61 bits per heavy atom. The van der Waals surface area contributed by atoms with Gasteiger partial charge in [-0.25, -0.2) is 4.39 Å². The maximum atomic E-state index is 13.8. The minimum Gasteiger partial charge on any atom is -0.340 e. The Morgan fingerprint density at radius 2 is 1.86 bits per heavy atom. The van der Waals surface area contributed by atoms with Crippen LogP contribution in [0.25, 0.3) is 11.4 Å². The molecule has 0 bridgehead atoms. The number of amides is 1. The van der Waals surface area contributed by atoms with Crippen molar-refractivity contribution in [2.45, 2.75) is 51.0 Å². The van der Waals surface area contributed by atoms with E-state index in [0.29, 0.717) is 30.3 Å². The minimum atomic E-state index is -0.387. The van der Waals surface area contributed by atoms with Crippen LogP contribution in [0, 0.1) is 5.82 Å². The van der Waals surface area contributed by atoms with Gasteiger partial charge in [-0.15, -0.1) is 0 Å². The Balaban J connectivity index is 1.26. The Hall–Kier alpha value is -2.28. The molecule has 6 nitrogen and oxygen atoms in total. The van der Waals surface area contributed by atoms with Crippen LogP contribution in [0.3, 0.4) is 0 Å². The molecule has 150 valence electrons. The first-order chi connectivity index (χ1) is 13.7. The number of hydrogen-bond donors (Lipinski definition) is 0. The highest BCUT2D eigenvalue weighted by Crippen LogP contribution is 2.24. The van der Waals surface area contributed by atoms with Gasteiger partial charge in [-0.05, 0) is 25.0 Å². The molecule has 1 amide bonds. The van der Waals surface area contributed by atoms with Gasteiger partial charge in [-0.2, -0.15) is 4.98 Å². The molecule has 2 fully saturated rings. The summed E-state index contributed by atoms with van der Waals surface area (Å²) in [7, 11) is 0. The van der Waals surface area contributed by atoms with Crippen molar-refractivity contribution in [2.75, 3.05) is 26.2 Å². The molecular weight excluding hydrogens is 359 g/mol. The number of halogens is 1. The van der Waals surface area contributed by atoms with E-state index in [1.54, 1.807) is 18.2 Å². The molecule has 7 heteroatoms. The zero-order valence-corrected chi connectivity index (χ0v) is 16.1. The lowest BCUT2D eigenvalue weighted by Gasteiger charge is -2.40. The molecule has 1 saturated heterocycles. The Bertz CT molecular complexity index is 795. The zero-order chi connectivity index (χ0) is 19.3. The number of hydrogen-bond acceptors (Lipinski definition) is 5. The van der Waals surface area contributed by atoms with Crippen LogP contribution in [0.2, 0.25) is 0 Å². The van der Waals surface area contributed by atoms with Crippen molar-refractivity contribution in [3.63, 3.8) is 0 Å². The molecule has 1 saturated carbocycles. The standard InChI is InChI=1S/C21H27FN4O2/c22-18-9-5-4-8-17(18)21-23-19(28-24-21)10-11-20(27)26-14-12-25(13-15-26)16-6-2-1-3-7-16/h4-5,8-9,16H,1-3,6-7,10-15H2. The van der Waals surface area contributed by atoms with E-state index >= 15 is 0 Å². The molecule has 0 atom stereocenters. The number of carbonyl (C=O) groups is 1. The average molecular weight is 386 g/mol. The summed E-state index contributed by atoms with van der Waals surface area (Å²) in [6.45, 7) is 3.52. The van der Waals surface area contributed by atoms with E-state index < -0.39 is 0 Å². The summed E-state index contributed by atoms with van der Waals surface area (Å²) < 4.78 is 19.0. The lowest BCUT2D eigenvalue weighted by atomic mass is 9.94. The van der Waals surface area contributed by atoms with Crippen LogP contribution < -0.4 is 0 Å². The molecule has 1 aliphatic heterocycles. The number of benzene rings is 1. The SMILES string of the molecule is O=C(CCc1nc(-c2ccccc2F)no1)N1CCN(C2CCCCC2)CC1. The van der Waals surface area contributed by atoms with Gasteiger partial charge in [0.25, 0.3) is 0 Å². The highest BCUT2D eigenvalue weighted by atomic mass is 19.1. The third kappa shape index (κ3) is 4.41. The molecule has 1 aliphatic carbocycles. The van der Waals surface area contributed by atoms with E-state index in [0.717, 1.165) is 26.2 Å². The normalized spacial score (nSPS) is 19.1. The van der Waals surface area contributed by atoms with Gasteiger partial charge in [0, 0.05) is 45.1 Å². The van der Waals surface area contributed by atoms with Crippen LogP contribution in [0.1, 0.15) is 44.4 Å². The quantitative estimate of drug-likeness (QED) is 0.789. The van der Waals surface area contributed by atoms with Crippen LogP contribution in [-0.4, -0.2) is 58.1 Å². The van der Waals surface area contributed by atoms with Crippen molar-refractivity contribution >= 4 is 5.91 Å². The number of rotatable bonds is 5. The first kappa shape index (κ1) is 19.1.